The molecule has 0 aromatic heterocycles. The lowest BCUT2D eigenvalue weighted by Crippen LogP contribution is -2.44. The average molecular weight is 571 g/mol. The Morgan fingerprint density at radius 2 is 1.83 bits per heavy atom. The molecule has 3 rings (SSSR count). The van der Waals surface area contributed by atoms with Crippen molar-refractivity contribution in [2.75, 3.05) is 52.4 Å². The molecule has 0 unspecified atom stereocenters. The van der Waals surface area contributed by atoms with Crippen molar-refractivity contribution in [3.63, 3.8) is 0 Å². The van der Waals surface area contributed by atoms with Gasteiger partial charge >= 0.3 is 6.09 Å². The predicted octanol–water partition coefficient (Wildman–Crippen LogP) is 3.43. The number of benzene rings is 2. The van der Waals surface area contributed by atoms with Gasteiger partial charge in [0.05, 0.1) is 13.7 Å². The van der Waals surface area contributed by atoms with Gasteiger partial charge in [0.15, 0.2) is 11.5 Å². The Kier molecular flexibility index (Phi) is 12.2. The minimum atomic E-state index is -0.561. The SMILES string of the molecule is COCCCOc1cc(C(=O)N(C[C@@H]2CNC[C@H]2OC(=O)NCc2ccccc2NC(C)=O)C(C)C)ccc1OC. The molecule has 0 bridgehead atoms. The van der Waals surface area contributed by atoms with E-state index in [2.05, 4.69) is 16.0 Å². The molecular weight excluding hydrogens is 528 g/mol. The van der Waals surface area contributed by atoms with Gasteiger partial charge in [0.25, 0.3) is 5.91 Å². The number of hydrogen-bond donors (Lipinski definition) is 3. The van der Waals surface area contributed by atoms with Crippen LogP contribution in [0, 0.1) is 5.92 Å². The van der Waals surface area contributed by atoms with Crippen molar-refractivity contribution in [3.8, 4) is 11.5 Å². The van der Waals surface area contributed by atoms with Gasteiger partial charge in [0.1, 0.15) is 6.10 Å². The topological polar surface area (TPSA) is 127 Å². The lowest BCUT2D eigenvalue weighted by molar-refractivity contribution is -0.114. The standard InChI is InChI=1S/C30H42N4O7/c1-20(2)34(29(36)22-11-12-26(39-5)27(15-22)40-14-8-13-38-4)19-24-16-31-18-28(24)41-30(37)32-17-23-9-6-7-10-25(23)33-21(3)35/h6-7,9-12,15,20,24,28,31H,8,13-14,16-19H2,1-5H3,(H,32,37)(H,33,35)/t24-,28+/m0/s1. The van der Waals surface area contributed by atoms with E-state index in [0.29, 0.717) is 62.0 Å². The van der Waals surface area contributed by atoms with Gasteiger partial charge in [0.2, 0.25) is 5.91 Å². The van der Waals surface area contributed by atoms with Crippen molar-refractivity contribution in [1.29, 1.82) is 0 Å². The van der Waals surface area contributed by atoms with E-state index in [1.807, 2.05) is 32.0 Å². The molecule has 0 saturated carbocycles. The van der Waals surface area contributed by atoms with E-state index in [4.69, 9.17) is 18.9 Å². The van der Waals surface area contributed by atoms with E-state index in [1.54, 1.807) is 43.4 Å². The molecule has 0 spiro atoms. The van der Waals surface area contributed by atoms with Gasteiger partial charge in [-0.1, -0.05) is 18.2 Å². The summed E-state index contributed by atoms with van der Waals surface area (Å²) in [4.78, 5) is 39.6. The van der Waals surface area contributed by atoms with Gasteiger partial charge in [-0.05, 0) is 43.7 Å². The van der Waals surface area contributed by atoms with Crippen molar-refractivity contribution in [1.82, 2.24) is 15.5 Å². The van der Waals surface area contributed by atoms with Crippen LogP contribution >= 0.6 is 0 Å². The second-order valence-electron chi connectivity index (χ2n) is 10.2. The van der Waals surface area contributed by atoms with E-state index >= 15 is 0 Å². The highest BCUT2D eigenvalue weighted by atomic mass is 16.6. The van der Waals surface area contributed by atoms with Crippen LogP contribution in [0.25, 0.3) is 0 Å². The third kappa shape index (κ3) is 9.36. The van der Waals surface area contributed by atoms with Crippen LogP contribution in [0.1, 0.15) is 43.1 Å². The lowest BCUT2D eigenvalue weighted by Gasteiger charge is -2.31. The molecule has 3 amide bonds. The lowest BCUT2D eigenvalue weighted by atomic mass is 10.0. The summed E-state index contributed by atoms with van der Waals surface area (Å²) < 4.78 is 22.1. The van der Waals surface area contributed by atoms with Crippen LogP contribution in [0.5, 0.6) is 11.5 Å². The number of anilines is 1. The first-order valence-corrected chi connectivity index (χ1v) is 13.8. The molecular formula is C30H42N4O7. The van der Waals surface area contributed by atoms with Gasteiger partial charge in [0, 0.05) is 76.5 Å². The first kappa shape index (κ1) is 31.7. The van der Waals surface area contributed by atoms with Crippen LogP contribution in [0.4, 0.5) is 10.5 Å². The Morgan fingerprint density at radius 3 is 2.54 bits per heavy atom. The first-order valence-electron chi connectivity index (χ1n) is 13.8. The zero-order valence-electron chi connectivity index (χ0n) is 24.5. The summed E-state index contributed by atoms with van der Waals surface area (Å²) in [7, 11) is 3.20. The van der Waals surface area contributed by atoms with Crippen LogP contribution in [0.2, 0.25) is 0 Å². The fourth-order valence-corrected chi connectivity index (χ4v) is 4.62. The number of rotatable bonds is 14. The summed E-state index contributed by atoms with van der Waals surface area (Å²) in [6.45, 7) is 8.06. The highest BCUT2D eigenvalue weighted by Gasteiger charge is 2.34. The molecule has 11 heteroatoms. The van der Waals surface area contributed by atoms with Crippen molar-refractivity contribution in [3.05, 3.63) is 53.6 Å². The molecule has 11 nitrogen and oxygen atoms in total. The van der Waals surface area contributed by atoms with Crippen molar-refractivity contribution >= 4 is 23.6 Å². The molecule has 41 heavy (non-hydrogen) atoms. The van der Waals surface area contributed by atoms with Crippen LogP contribution in [-0.2, 0) is 20.8 Å². The van der Waals surface area contributed by atoms with Crippen LogP contribution < -0.4 is 25.4 Å². The molecule has 2 aromatic carbocycles. The second-order valence-corrected chi connectivity index (χ2v) is 10.2. The van der Waals surface area contributed by atoms with Gasteiger partial charge in [-0.25, -0.2) is 4.79 Å². The molecule has 0 radical (unpaired) electrons. The van der Waals surface area contributed by atoms with E-state index in [0.717, 1.165) is 5.56 Å². The normalized spacial score (nSPS) is 16.2. The van der Waals surface area contributed by atoms with E-state index in [1.165, 1.54) is 6.92 Å². The number of ether oxygens (including phenoxy) is 4. The molecule has 1 aliphatic rings. The average Bonchev–Trinajstić information content (AvgIpc) is 3.38. The zero-order valence-corrected chi connectivity index (χ0v) is 24.5. The molecule has 3 N–H and O–H groups in total. The third-order valence-corrected chi connectivity index (χ3v) is 6.76. The Balaban J connectivity index is 1.63. The molecule has 224 valence electrons. The highest BCUT2D eigenvalue weighted by Crippen LogP contribution is 2.29. The smallest absolute Gasteiger partial charge is 0.407 e. The monoisotopic (exact) mass is 570 g/mol. The number of alkyl carbamates (subject to hydrolysis) is 1. The number of para-hydroxylation sites is 1. The van der Waals surface area contributed by atoms with Crippen LogP contribution in [-0.4, -0.2) is 82.0 Å². The first-order chi connectivity index (χ1) is 19.7. The number of nitrogens with zero attached hydrogens (tertiary/aromatic N) is 1. The number of carbonyl (C=O) groups is 3. The van der Waals surface area contributed by atoms with Crippen molar-refractivity contribution in [2.45, 2.75) is 45.9 Å². The second kappa shape index (κ2) is 15.8. The fourth-order valence-electron chi connectivity index (χ4n) is 4.62. The minimum Gasteiger partial charge on any atom is -0.493 e. The van der Waals surface area contributed by atoms with E-state index < -0.39 is 12.2 Å². The molecule has 2 aromatic rings. The van der Waals surface area contributed by atoms with Gasteiger partial charge in [-0.2, -0.15) is 0 Å². The fraction of sp³-hybridized carbons (Fsp3) is 0.500. The number of methoxy groups -OCH3 is 2. The Morgan fingerprint density at radius 1 is 1.05 bits per heavy atom. The molecule has 1 heterocycles. The summed E-state index contributed by atoms with van der Waals surface area (Å²) >= 11 is 0. The Labute approximate surface area is 241 Å². The Bertz CT molecular complexity index is 1170. The van der Waals surface area contributed by atoms with Gasteiger partial charge in [-0.3, -0.25) is 9.59 Å². The van der Waals surface area contributed by atoms with E-state index in [9.17, 15) is 14.4 Å². The van der Waals surface area contributed by atoms with Gasteiger partial charge < -0.3 is 39.8 Å². The third-order valence-electron chi connectivity index (χ3n) is 6.76. The molecule has 1 fully saturated rings. The quantitative estimate of drug-likeness (QED) is 0.295. The molecule has 1 aliphatic heterocycles. The number of nitrogens with one attached hydrogen (secondary N) is 3. The molecule has 1 saturated heterocycles. The van der Waals surface area contributed by atoms with E-state index in [-0.39, 0.29) is 30.3 Å². The zero-order chi connectivity index (χ0) is 29.8. The van der Waals surface area contributed by atoms with Crippen LogP contribution in [0.15, 0.2) is 42.5 Å². The van der Waals surface area contributed by atoms with Crippen molar-refractivity contribution < 1.29 is 33.3 Å². The maximum Gasteiger partial charge on any atom is 0.407 e. The summed E-state index contributed by atoms with van der Waals surface area (Å²) in [6.07, 6.45) is -0.263. The molecule has 0 aliphatic carbocycles. The maximum atomic E-state index is 13.6. The number of carbonyl (C=O) groups excluding carboxylic acids is 3. The number of hydrogen-bond acceptors (Lipinski definition) is 8. The van der Waals surface area contributed by atoms with Gasteiger partial charge in [-0.15, -0.1) is 0 Å². The summed E-state index contributed by atoms with van der Waals surface area (Å²) in [5.74, 6) is 0.619. The number of amides is 3. The summed E-state index contributed by atoms with van der Waals surface area (Å²) in [6, 6.07) is 12.3. The van der Waals surface area contributed by atoms with Crippen molar-refractivity contribution in [2.24, 2.45) is 5.92 Å². The molecule has 2 atom stereocenters. The highest BCUT2D eigenvalue weighted by molar-refractivity contribution is 5.95. The summed E-state index contributed by atoms with van der Waals surface area (Å²) in [5.41, 5.74) is 1.88. The minimum absolute atomic E-state index is 0.0870. The largest absolute Gasteiger partial charge is 0.493 e. The van der Waals surface area contributed by atoms with Crippen LogP contribution in [0.3, 0.4) is 0 Å². The predicted molar refractivity (Wildman–Crippen MR) is 155 cm³/mol. The summed E-state index contributed by atoms with van der Waals surface area (Å²) in [5, 5.41) is 8.81. The Hall–Kier alpha value is -3.83. The maximum absolute atomic E-state index is 13.6.